The molecule has 180 valence electrons. The van der Waals surface area contributed by atoms with Gasteiger partial charge in [-0.2, -0.15) is 13.7 Å². The van der Waals surface area contributed by atoms with Crippen molar-refractivity contribution in [2.75, 3.05) is 5.32 Å². The van der Waals surface area contributed by atoms with Crippen molar-refractivity contribution in [3.8, 4) is 11.8 Å². The lowest BCUT2D eigenvalue weighted by Crippen LogP contribution is -2.13. The zero-order chi connectivity index (χ0) is 25.5. The highest BCUT2D eigenvalue weighted by Gasteiger charge is 2.19. The molecule has 0 aliphatic carbocycles. The van der Waals surface area contributed by atoms with E-state index >= 15 is 0 Å². The second-order valence-corrected chi connectivity index (χ2v) is 10.3. The number of aromatic nitrogens is 2. The number of nitriles is 1. The van der Waals surface area contributed by atoms with Crippen LogP contribution in [0, 0.1) is 18.3 Å². The van der Waals surface area contributed by atoms with Gasteiger partial charge in [-0.1, -0.05) is 77.6 Å². The fraction of sp³-hybridized carbons (Fsp3) is 0.0769. The largest absolute Gasteiger partial charge is 0.378 e. The van der Waals surface area contributed by atoms with Gasteiger partial charge in [0, 0.05) is 12.0 Å². The first-order valence-electron chi connectivity index (χ1n) is 10.7. The van der Waals surface area contributed by atoms with E-state index < -0.39 is 16.0 Å². The molecule has 0 fully saturated rings. The van der Waals surface area contributed by atoms with Gasteiger partial charge in [-0.3, -0.25) is 10.1 Å². The first-order valence-corrected chi connectivity index (χ1v) is 13.0. The third-order valence-corrected chi connectivity index (χ3v) is 7.07. The Morgan fingerprint density at radius 3 is 2.44 bits per heavy atom. The van der Waals surface area contributed by atoms with Crippen LogP contribution < -0.4 is 9.50 Å². The number of amides is 1. The number of nitrogens with zero attached hydrogens (tertiary/aromatic N) is 3. The molecule has 0 spiro atoms. The molecule has 0 bridgehead atoms. The van der Waals surface area contributed by atoms with Crippen molar-refractivity contribution in [1.29, 1.82) is 5.26 Å². The van der Waals surface area contributed by atoms with Crippen molar-refractivity contribution in [2.45, 2.75) is 18.2 Å². The Morgan fingerprint density at radius 2 is 1.72 bits per heavy atom. The molecular weight excluding hydrogens is 496 g/mol. The van der Waals surface area contributed by atoms with Crippen molar-refractivity contribution < 1.29 is 17.4 Å². The molecule has 4 rings (SSSR count). The van der Waals surface area contributed by atoms with Gasteiger partial charge in [-0.25, -0.2) is 0 Å². The van der Waals surface area contributed by atoms with Crippen LogP contribution in [-0.4, -0.2) is 24.5 Å². The van der Waals surface area contributed by atoms with Crippen molar-refractivity contribution >= 4 is 38.6 Å². The molecule has 8 nitrogen and oxygen atoms in total. The van der Waals surface area contributed by atoms with Gasteiger partial charge in [-0.15, -0.1) is 10.2 Å². The number of nitrogens with one attached hydrogen (secondary N) is 1. The average Bonchev–Trinajstić information content (AvgIpc) is 3.30. The molecule has 0 radical (unpaired) electrons. The summed E-state index contributed by atoms with van der Waals surface area (Å²) in [5.41, 5.74) is 1.96. The Balaban J connectivity index is 1.51. The fourth-order valence-electron chi connectivity index (χ4n) is 3.16. The minimum Gasteiger partial charge on any atom is -0.378 e. The SMILES string of the molecule is Cc1ccc(S(=O)(=O)Oc2ccccc2/C=C(\C#N)C(=O)Nc2nnc(Cc3ccccc3)s2)cc1. The molecule has 1 amide bonds. The Bertz CT molecular complexity index is 1560. The highest BCUT2D eigenvalue weighted by Crippen LogP contribution is 2.26. The van der Waals surface area contributed by atoms with E-state index in [0.29, 0.717) is 11.4 Å². The standard InChI is InChI=1S/C26H20N4O4S2/c1-18-11-13-22(14-12-18)36(32,33)34-23-10-6-5-9-20(23)16-21(17-27)25(31)28-26-30-29-24(35-26)15-19-7-3-2-4-8-19/h2-14,16H,15H2,1H3,(H,28,30,31)/b21-16+. The van der Waals surface area contributed by atoms with E-state index in [0.717, 1.165) is 11.1 Å². The molecule has 0 aliphatic rings. The van der Waals surface area contributed by atoms with E-state index in [4.69, 9.17) is 4.18 Å². The molecule has 36 heavy (non-hydrogen) atoms. The number of carbonyl (C=O) groups is 1. The quantitative estimate of drug-likeness (QED) is 0.204. The number of para-hydroxylation sites is 1. The van der Waals surface area contributed by atoms with Gasteiger partial charge in [0.1, 0.15) is 27.3 Å². The summed E-state index contributed by atoms with van der Waals surface area (Å²) in [4.78, 5) is 12.7. The number of rotatable bonds is 8. The van der Waals surface area contributed by atoms with Crippen LogP contribution in [0.15, 0.2) is 89.3 Å². The maximum atomic E-state index is 12.7. The summed E-state index contributed by atoms with van der Waals surface area (Å²) in [6.45, 7) is 1.84. The minimum absolute atomic E-state index is 0.00675. The van der Waals surface area contributed by atoms with Crippen LogP contribution in [0.25, 0.3) is 6.08 Å². The fourth-order valence-corrected chi connectivity index (χ4v) is 4.88. The first-order chi connectivity index (χ1) is 17.3. The van der Waals surface area contributed by atoms with Crippen molar-refractivity contribution in [3.63, 3.8) is 0 Å². The summed E-state index contributed by atoms with van der Waals surface area (Å²) in [6, 6.07) is 24.0. The molecule has 0 saturated heterocycles. The molecule has 1 aromatic heterocycles. The molecule has 1 N–H and O–H groups in total. The van der Waals surface area contributed by atoms with E-state index in [9.17, 15) is 18.5 Å². The lowest BCUT2D eigenvalue weighted by Gasteiger charge is -2.10. The smallest absolute Gasteiger partial charge is 0.339 e. The third kappa shape index (κ3) is 6.21. The maximum absolute atomic E-state index is 12.7. The molecule has 0 atom stereocenters. The highest BCUT2D eigenvalue weighted by molar-refractivity contribution is 7.87. The Hall–Kier alpha value is -4.33. The molecular formula is C26H20N4O4S2. The van der Waals surface area contributed by atoms with E-state index in [1.807, 2.05) is 43.3 Å². The van der Waals surface area contributed by atoms with Gasteiger partial charge in [0.15, 0.2) is 0 Å². The van der Waals surface area contributed by atoms with E-state index in [1.54, 1.807) is 30.3 Å². The van der Waals surface area contributed by atoms with Crippen LogP contribution in [0.4, 0.5) is 5.13 Å². The van der Waals surface area contributed by atoms with Crippen LogP contribution in [0.3, 0.4) is 0 Å². The summed E-state index contributed by atoms with van der Waals surface area (Å²) in [6.07, 6.45) is 1.83. The summed E-state index contributed by atoms with van der Waals surface area (Å²) in [5.74, 6) is -0.712. The number of benzene rings is 3. The third-order valence-electron chi connectivity index (χ3n) is 4.98. The lowest BCUT2D eigenvalue weighted by atomic mass is 10.1. The van der Waals surface area contributed by atoms with Gasteiger partial charge >= 0.3 is 10.1 Å². The minimum atomic E-state index is -4.12. The summed E-state index contributed by atoms with van der Waals surface area (Å²) < 4.78 is 30.8. The number of anilines is 1. The Morgan fingerprint density at radius 1 is 1.03 bits per heavy atom. The monoisotopic (exact) mass is 516 g/mol. The van der Waals surface area contributed by atoms with Crippen LogP contribution >= 0.6 is 11.3 Å². The van der Waals surface area contributed by atoms with Crippen LogP contribution in [0.5, 0.6) is 5.75 Å². The molecule has 0 saturated carbocycles. The van der Waals surface area contributed by atoms with Gasteiger partial charge in [-0.05, 0) is 36.8 Å². The van der Waals surface area contributed by atoms with Gasteiger partial charge in [0.05, 0.1) is 0 Å². The number of hydrogen-bond donors (Lipinski definition) is 1. The van der Waals surface area contributed by atoms with Crippen LogP contribution in [0.1, 0.15) is 21.7 Å². The van der Waals surface area contributed by atoms with Crippen molar-refractivity contribution in [1.82, 2.24) is 10.2 Å². The second-order valence-electron chi connectivity index (χ2n) is 7.68. The van der Waals surface area contributed by atoms with Crippen molar-refractivity contribution in [2.24, 2.45) is 0 Å². The predicted octanol–water partition coefficient (Wildman–Crippen LogP) is 4.75. The molecule has 1 heterocycles. The van der Waals surface area contributed by atoms with Gasteiger partial charge in [0.25, 0.3) is 5.91 Å². The summed E-state index contributed by atoms with van der Waals surface area (Å²) in [5, 5.41) is 21.2. The maximum Gasteiger partial charge on any atom is 0.339 e. The van der Waals surface area contributed by atoms with E-state index in [1.165, 1.54) is 35.6 Å². The molecule has 10 heteroatoms. The molecule has 3 aromatic carbocycles. The van der Waals surface area contributed by atoms with E-state index in [-0.39, 0.29) is 26.9 Å². The highest BCUT2D eigenvalue weighted by atomic mass is 32.2. The molecule has 4 aromatic rings. The molecule has 0 unspecified atom stereocenters. The topological polar surface area (TPSA) is 122 Å². The summed E-state index contributed by atoms with van der Waals surface area (Å²) in [7, 11) is -4.12. The van der Waals surface area contributed by atoms with Crippen LogP contribution in [0.2, 0.25) is 0 Å². The second kappa shape index (κ2) is 10.9. The van der Waals surface area contributed by atoms with Crippen molar-refractivity contribution in [3.05, 3.63) is 106 Å². The molecule has 0 aliphatic heterocycles. The van der Waals surface area contributed by atoms with Gasteiger partial charge < -0.3 is 4.18 Å². The first kappa shape index (κ1) is 24.8. The average molecular weight is 517 g/mol. The number of carbonyl (C=O) groups excluding carboxylic acids is 1. The predicted molar refractivity (Wildman–Crippen MR) is 137 cm³/mol. The lowest BCUT2D eigenvalue weighted by molar-refractivity contribution is -0.112. The normalized spacial score (nSPS) is 11.5. The zero-order valence-corrected chi connectivity index (χ0v) is 20.7. The number of aryl methyl sites for hydroxylation is 1. The zero-order valence-electron chi connectivity index (χ0n) is 19.1. The van der Waals surface area contributed by atoms with Crippen LogP contribution in [-0.2, 0) is 21.3 Å². The Kier molecular flexibility index (Phi) is 7.53. The Labute approximate surface area is 212 Å². The van der Waals surface area contributed by atoms with Gasteiger partial charge in [0.2, 0.25) is 5.13 Å². The number of hydrogen-bond acceptors (Lipinski definition) is 8. The summed E-state index contributed by atoms with van der Waals surface area (Å²) >= 11 is 1.21. The van der Waals surface area contributed by atoms with E-state index in [2.05, 4.69) is 15.5 Å².